The van der Waals surface area contributed by atoms with Crippen molar-refractivity contribution in [1.82, 2.24) is 0 Å². The predicted molar refractivity (Wildman–Crippen MR) is 61.1 cm³/mol. The molecule has 0 aliphatic carbocycles. The summed E-state index contributed by atoms with van der Waals surface area (Å²) in [6, 6.07) is 0. The van der Waals surface area contributed by atoms with Crippen LogP contribution in [-0.4, -0.2) is 6.72 Å². The molecule has 0 spiro atoms. The molecule has 0 aromatic carbocycles. The Morgan fingerprint density at radius 3 is 1.92 bits per heavy atom. The van der Waals surface area contributed by atoms with Gasteiger partial charge in [-0.3, -0.25) is 4.99 Å². The maximum absolute atomic E-state index is 4.03. The molecule has 0 radical (unpaired) electrons. The molecule has 0 aliphatic rings. The molecule has 0 fully saturated rings. The molecule has 0 saturated carbocycles. The number of aliphatic imine (C=N–C) groups is 1. The first-order valence-corrected chi connectivity index (χ1v) is 4.87. The smallest absolute Gasteiger partial charge is 0.0424 e. The van der Waals surface area contributed by atoms with Gasteiger partial charge in [-0.05, 0) is 37.1 Å². The molecule has 0 N–H and O–H groups in total. The molecule has 0 rings (SSSR count). The van der Waals surface area contributed by atoms with Crippen molar-refractivity contribution in [3.05, 3.63) is 23.4 Å². The van der Waals surface area contributed by atoms with E-state index in [1.165, 1.54) is 5.57 Å². The molecule has 0 aromatic rings. The Labute approximate surface area is 82.3 Å². The van der Waals surface area contributed by atoms with E-state index in [2.05, 4.69) is 58.5 Å². The summed E-state index contributed by atoms with van der Waals surface area (Å²) in [5, 5.41) is 0. The first-order valence-electron chi connectivity index (χ1n) is 4.87. The molecular weight excluding hydrogens is 158 g/mol. The Kier molecular flexibility index (Phi) is 5.36. The first kappa shape index (κ1) is 12.2. The highest BCUT2D eigenvalue weighted by molar-refractivity contribution is 5.33. The third-order valence-electron chi connectivity index (χ3n) is 2.09. The summed E-state index contributed by atoms with van der Waals surface area (Å²) in [5.41, 5.74) is 2.40. The van der Waals surface area contributed by atoms with E-state index in [-0.39, 0.29) is 0 Å². The van der Waals surface area contributed by atoms with Crippen molar-refractivity contribution in [2.24, 2.45) is 16.8 Å². The second kappa shape index (κ2) is 5.74. The van der Waals surface area contributed by atoms with Gasteiger partial charge in [0.2, 0.25) is 0 Å². The minimum Gasteiger partial charge on any atom is -0.269 e. The van der Waals surface area contributed by atoms with Crippen molar-refractivity contribution < 1.29 is 0 Å². The zero-order valence-electron chi connectivity index (χ0n) is 9.46. The zero-order chi connectivity index (χ0) is 10.4. The molecule has 0 aliphatic heterocycles. The number of hydrogen-bond acceptors (Lipinski definition) is 1. The molecule has 0 heterocycles. The van der Waals surface area contributed by atoms with Crippen LogP contribution in [0.5, 0.6) is 0 Å². The van der Waals surface area contributed by atoms with E-state index in [9.17, 15) is 0 Å². The highest BCUT2D eigenvalue weighted by atomic mass is 14.7. The molecule has 0 saturated heterocycles. The van der Waals surface area contributed by atoms with Gasteiger partial charge in [0.05, 0.1) is 0 Å². The van der Waals surface area contributed by atoms with Crippen molar-refractivity contribution in [2.45, 2.75) is 34.6 Å². The van der Waals surface area contributed by atoms with E-state index in [1.54, 1.807) is 0 Å². The molecule has 0 unspecified atom stereocenters. The van der Waals surface area contributed by atoms with E-state index in [1.807, 2.05) is 0 Å². The fraction of sp³-hybridized carbons (Fsp3) is 0.583. The van der Waals surface area contributed by atoms with Crippen LogP contribution >= 0.6 is 0 Å². The predicted octanol–water partition coefficient (Wildman–Crippen LogP) is 3.83. The van der Waals surface area contributed by atoms with Gasteiger partial charge >= 0.3 is 0 Å². The lowest BCUT2D eigenvalue weighted by Gasteiger charge is -2.10. The molecular formula is C12H21N. The Bertz CT molecular complexity index is 219. The Hall–Kier alpha value is -0.850. The van der Waals surface area contributed by atoms with Crippen molar-refractivity contribution in [1.29, 1.82) is 0 Å². The van der Waals surface area contributed by atoms with Crippen molar-refractivity contribution in [3.8, 4) is 0 Å². The van der Waals surface area contributed by atoms with E-state index in [0.717, 1.165) is 5.70 Å². The highest BCUT2D eigenvalue weighted by Crippen LogP contribution is 2.18. The summed E-state index contributed by atoms with van der Waals surface area (Å²) in [5.74, 6) is 1.01. The van der Waals surface area contributed by atoms with Gasteiger partial charge in [-0.25, -0.2) is 0 Å². The lowest BCUT2D eigenvalue weighted by atomic mass is 9.99. The molecule has 0 aromatic heterocycles. The largest absolute Gasteiger partial charge is 0.269 e. The van der Waals surface area contributed by atoms with E-state index >= 15 is 0 Å². The topological polar surface area (TPSA) is 12.4 Å². The fourth-order valence-electron chi connectivity index (χ4n) is 1.15. The SMILES string of the molecule is C=N/C(=C\C(=C/C)C(C)C)C(C)C. The third-order valence-corrected chi connectivity index (χ3v) is 2.09. The quantitative estimate of drug-likeness (QED) is 0.459. The third kappa shape index (κ3) is 4.07. The van der Waals surface area contributed by atoms with Crippen LogP contribution < -0.4 is 0 Å². The van der Waals surface area contributed by atoms with Gasteiger partial charge in [0.1, 0.15) is 0 Å². The molecule has 0 bridgehead atoms. The summed E-state index contributed by atoms with van der Waals surface area (Å²) in [6.07, 6.45) is 4.28. The Morgan fingerprint density at radius 2 is 1.69 bits per heavy atom. The van der Waals surface area contributed by atoms with Gasteiger partial charge in [-0.1, -0.05) is 33.8 Å². The van der Waals surface area contributed by atoms with Gasteiger partial charge in [-0.15, -0.1) is 0 Å². The van der Waals surface area contributed by atoms with Crippen LogP contribution in [0, 0.1) is 11.8 Å². The summed E-state index contributed by atoms with van der Waals surface area (Å²) in [7, 11) is 0. The molecule has 13 heavy (non-hydrogen) atoms. The standard InChI is InChI=1S/C12H21N/c1-7-11(9(2)3)8-12(13-6)10(4)5/h7-10H,6H2,1-5H3/b11-7+,12-8-. The van der Waals surface area contributed by atoms with Crippen LogP contribution in [0.1, 0.15) is 34.6 Å². The molecule has 74 valence electrons. The summed E-state index contributed by atoms with van der Waals surface area (Å²) in [4.78, 5) is 4.03. The molecule has 1 heteroatoms. The summed E-state index contributed by atoms with van der Waals surface area (Å²) in [6.45, 7) is 14.3. The minimum absolute atomic E-state index is 0.450. The molecule has 0 atom stereocenters. The average molecular weight is 179 g/mol. The monoisotopic (exact) mass is 179 g/mol. The first-order chi connectivity index (χ1) is 6.02. The number of rotatable bonds is 4. The lowest BCUT2D eigenvalue weighted by Crippen LogP contribution is -1.95. The second-order valence-electron chi connectivity index (χ2n) is 3.83. The van der Waals surface area contributed by atoms with Gasteiger partial charge < -0.3 is 0 Å². The van der Waals surface area contributed by atoms with Crippen LogP contribution in [-0.2, 0) is 0 Å². The number of nitrogens with zero attached hydrogens (tertiary/aromatic N) is 1. The minimum atomic E-state index is 0.450. The summed E-state index contributed by atoms with van der Waals surface area (Å²) >= 11 is 0. The van der Waals surface area contributed by atoms with Crippen LogP contribution in [0.2, 0.25) is 0 Å². The average Bonchev–Trinajstić information content (AvgIpc) is 2.05. The number of hydrogen-bond donors (Lipinski definition) is 0. The highest BCUT2D eigenvalue weighted by Gasteiger charge is 2.03. The van der Waals surface area contributed by atoms with Gasteiger partial charge in [-0.2, -0.15) is 0 Å². The van der Waals surface area contributed by atoms with Crippen LogP contribution in [0.25, 0.3) is 0 Å². The van der Waals surface area contributed by atoms with Crippen molar-refractivity contribution in [2.75, 3.05) is 0 Å². The van der Waals surface area contributed by atoms with Crippen molar-refractivity contribution >= 4 is 6.72 Å². The normalized spacial score (nSPS) is 14.1. The molecule has 0 amide bonds. The number of allylic oxidation sites excluding steroid dienone is 4. The summed E-state index contributed by atoms with van der Waals surface area (Å²) < 4.78 is 0. The van der Waals surface area contributed by atoms with E-state index in [4.69, 9.17) is 0 Å². The van der Waals surface area contributed by atoms with Crippen LogP contribution in [0.15, 0.2) is 28.4 Å². The van der Waals surface area contributed by atoms with Gasteiger partial charge in [0.15, 0.2) is 0 Å². The molecule has 1 nitrogen and oxygen atoms in total. The van der Waals surface area contributed by atoms with Gasteiger partial charge in [0.25, 0.3) is 0 Å². The van der Waals surface area contributed by atoms with Crippen molar-refractivity contribution in [3.63, 3.8) is 0 Å². The maximum Gasteiger partial charge on any atom is 0.0424 e. The Balaban J connectivity index is 4.76. The van der Waals surface area contributed by atoms with Crippen LogP contribution in [0.3, 0.4) is 0 Å². The maximum atomic E-state index is 4.03. The van der Waals surface area contributed by atoms with Gasteiger partial charge in [0, 0.05) is 5.70 Å². The van der Waals surface area contributed by atoms with E-state index in [0.29, 0.717) is 11.8 Å². The second-order valence-corrected chi connectivity index (χ2v) is 3.83. The Morgan fingerprint density at radius 1 is 1.15 bits per heavy atom. The zero-order valence-corrected chi connectivity index (χ0v) is 9.46. The lowest BCUT2D eigenvalue weighted by molar-refractivity contribution is 0.741. The van der Waals surface area contributed by atoms with E-state index < -0.39 is 0 Å². The van der Waals surface area contributed by atoms with Crippen LogP contribution in [0.4, 0.5) is 0 Å². The fourth-order valence-corrected chi connectivity index (χ4v) is 1.15.